The quantitative estimate of drug-likeness (QED) is 0.230. The maximum atomic E-state index is 11.8. The molecule has 0 bridgehead atoms. The Balaban J connectivity index is 2.43. The minimum Gasteiger partial charge on any atom is -0.463 e. The van der Waals surface area contributed by atoms with Crippen LogP contribution in [0.25, 0.3) is 0 Å². The van der Waals surface area contributed by atoms with Crippen LogP contribution >= 0.6 is 0 Å². The van der Waals surface area contributed by atoms with Crippen LogP contribution in [0, 0.1) is 10.1 Å². The summed E-state index contributed by atoms with van der Waals surface area (Å²) < 4.78 is 32.3. The van der Waals surface area contributed by atoms with Crippen molar-refractivity contribution >= 4 is 29.6 Å². The Morgan fingerprint density at radius 1 is 0.848 bits per heavy atom. The Kier molecular flexibility index (Phi) is 8.68. The molecule has 0 spiro atoms. The molecule has 5 atom stereocenters. The summed E-state index contributed by atoms with van der Waals surface area (Å²) in [5, 5.41) is 10.9. The molecule has 1 saturated heterocycles. The minimum absolute atomic E-state index is 0.0986. The maximum Gasteiger partial charge on any atom is 0.303 e. The van der Waals surface area contributed by atoms with E-state index >= 15 is 0 Å². The number of ether oxygens (including phenoxy) is 6. The zero-order chi connectivity index (χ0) is 24.7. The van der Waals surface area contributed by atoms with Crippen LogP contribution in [0.1, 0.15) is 27.7 Å². The minimum atomic E-state index is -1.42. The highest BCUT2D eigenvalue weighted by molar-refractivity contribution is 5.68. The van der Waals surface area contributed by atoms with Gasteiger partial charge < -0.3 is 28.4 Å². The average Bonchev–Trinajstić information content (AvgIpc) is 2.70. The van der Waals surface area contributed by atoms with Crippen LogP contribution < -0.4 is 4.74 Å². The molecule has 1 aliphatic heterocycles. The van der Waals surface area contributed by atoms with Crippen LogP contribution in [0.2, 0.25) is 0 Å². The van der Waals surface area contributed by atoms with Crippen LogP contribution in [0.3, 0.4) is 0 Å². The van der Waals surface area contributed by atoms with E-state index in [1.807, 2.05) is 0 Å². The largest absolute Gasteiger partial charge is 0.463 e. The van der Waals surface area contributed by atoms with Crippen LogP contribution in [-0.4, -0.2) is 66.1 Å². The van der Waals surface area contributed by atoms with Gasteiger partial charge in [0, 0.05) is 39.8 Å². The molecule has 180 valence electrons. The predicted molar refractivity (Wildman–Crippen MR) is 106 cm³/mol. The monoisotopic (exact) mass is 469 g/mol. The van der Waals surface area contributed by atoms with Gasteiger partial charge in [0.25, 0.3) is 5.69 Å². The lowest BCUT2D eigenvalue weighted by Gasteiger charge is -2.43. The van der Waals surface area contributed by atoms with Crippen molar-refractivity contribution in [1.82, 2.24) is 0 Å². The van der Waals surface area contributed by atoms with E-state index in [1.54, 1.807) is 0 Å². The van der Waals surface area contributed by atoms with E-state index < -0.39 is 66.1 Å². The van der Waals surface area contributed by atoms with E-state index in [0.717, 1.165) is 27.7 Å². The van der Waals surface area contributed by atoms with Gasteiger partial charge in [0.1, 0.15) is 18.5 Å². The fourth-order valence-corrected chi connectivity index (χ4v) is 3.06. The number of non-ortho nitro benzene ring substituents is 1. The second-order valence-electron chi connectivity index (χ2n) is 6.94. The number of nitro benzene ring substituents is 1. The molecule has 0 aliphatic carbocycles. The first-order chi connectivity index (χ1) is 15.5. The van der Waals surface area contributed by atoms with Gasteiger partial charge in [-0.2, -0.15) is 0 Å². The molecular formula is C20H23NO12. The standard InChI is InChI=1S/C20H23NO12/c1-10(22)28-9-16-17(29-11(2)23)18(30-12(3)24)19(31-13(4)25)20(33-16)32-15-7-5-14(6-8-15)21(26)27/h5-8,16-20H,9H2,1-4H3/t16?,17-,18-,19?,20-/m0/s1. The first-order valence-electron chi connectivity index (χ1n) is 9.69. The number of rotatable bonds is 8. The normalized spacial score (nSPS) is 24.2. The molecular weight excluding hydrogens is 446 g/mol. The number of benzene rings is 1. The Hall–Kier alpha value is -3.74. The number of esters is 4. The lowest BCUT2D eigenvalue weighted by molar-refractivity contribution is -0.384. The summed E-state index contributed by atoms with van der Waals surface area (Å²) in [6.45, 7) is 4.05. The highest BCUT2D eigenvalue weighted by Crippen LogP contribution is 2.31. The molecule has 0 N–H and O–H groups in total. The van der Waals surface area contributed by atoms with Crippen LogP contribution in [-0.2, 0) is 42.9 Å². The summed E-state index contributed by atoms with van der Waals surface area (Å²) >= 11 is 0. The Bertz CT molecular complexity index is 899. The van der Waals surface area contributed by atoms with E-state index in [1.165, 1.54) is 24.3 Å². The topological polar surface area (TPSA) is 167 Å². The molecule has 0 amide bonds. The Morgan fingerprint density at radius 3 is 1.85 bits per heavy atom. The molecule has 0 saturated carbocycles. The fraction of sp³-hybridized carbons (Fsp3) is 0.500. The molecule has 13 heteroatoms. The molecule has 0 radical (unpaired) electrons. The summed E-state index contributed by atoms with van der Waals surface area (Å²) in [6.07, 6.45) is -6.69. The van der Waals surface area contributed by atoms with Crippen molar-refractivity contribution in [3.05, 3.63) is 34.4 Å². The molecule has 13 nitrogen and oxygen atoms in total. The third-order valence-corrected chi connectivity index (χ3v) is 4.25. The van der Waals surface area contributed by atoms with Crippen molar-refractivity contribution < 1.29 is 52.5 Å². The van der Waals surface area contributed by atoms with E-state index in [2.05, 4.69) is 0 Å². The smallest absolute Gasteiger partial charge is 0.303 e. The third kappa shape index (κ3) is 7.42. The van der Waals surface area contributed by atoms with E-state index in [-0.39, 0.29) is 11.4 Å². The Morgan fingerprint density at radius 2 is 1.36 bits per heavy atom. The predicted octanol–water partition coefficient (Wildman–Crippen LogP) is 1.06. The molecule has 33 heavy (non-hydrogen) atoms. The van der Waals surface area contributed by atoms with Crippen molar-refractivity contribution in [3.63, 3.8) is 0 Å². The van der Waals surface area contributed by atoms with Gasteiger partial charge in [-0.05, 0) is 12.1 Å². The second kappa shape index (κ2) is 11.2. The number of nitro groups is 1. The van der Waals surface area contributed by atoms with Gasteiger partial charge in [0.2, 0.25) is 12.4 Å². The number of hydrogen-bond acceptors (Lipinski definition) is 12. The summed E-state index contributed by atoms with van der Waals surface area (Å²) in [5.41, 5.74) is -0.191. The highest BCUT2D eigenvalue weighted by Gasteiger charge is 2.53. The maximum absolute atomic E-state index is 11.8. The molecule has 1 heterocycles. The zero-order valence-corrected chi connectivity index (χ0v) is 18.2. The van der Waals surface area contributed by atoms with E-state index in [4.69, 9.17) is 28.4 Å². The first kappa shape index (κ1) is 25.5. The summed E-state index contributed by atoms with van der Waals surface area (Å²) in [4.78, 5) is 56.8. The molecule has 0 aromatic heterocycles. The van der Waals surface area contributed by atoms with Crippen molar-refractivity contribution in [2.24, 2.45) is 0 Å². The number of carbonyl (C=O) groups is 4. The fourth-order valence-electron chi connectivity index (χ4n) is 3.06. The van der Waals surface area contributed by atoms with Gasteiger partial charge in [0.05, 0.1) is 4.92 Å². The van der Waals surface area contributed by atoms with E-state index in [9.17, 15) is 29.3 Å². The van der Waals surface area contributed by atoms with Crippen molar-refractivity contribution in [3.8, 4) is 5.75 Å². The lowest BCUT2D eigenvalue weighted by Crippen LogP contribution is -2.63. The molecule has 1 fully saturated rings. The van der Waals surface area contributed by atoms with Gasteiger partial charge in [-0.15, -0.1) is 0 Å². The number of carbonyl (C=O) groups excluding carboxylic acids is 4. The van der Waals surface area contributed by atoms with E-state index in [0.29, 0.717) is 0 Å². The van der Waals surface area contributed by atoms with Gasteiger partial charge >= 0.3 is 23.9 Å². The van der Waals surface area contributed by atoms with Crippen molar-refractivity contribution in [1.29, 1.82) is 0 Å². The number of nitrogens with zero attached hydrogens (tertiary/aromatic N) is 1. The Labute approximate surface area is 188 Å². The van der Waals surface area contributed by atoms with Crippen LogP contribution in [0.4, 0.5) is 5.69 Å². The molecule has 2 rings (SSSR count). The van der Waals surface area contributed by atoms with Crippen molar-refractivity contribution in [2.75, 3.05) is 6.61 Å². The summed E-state index contributed by atoms with van der Waals surface area (Å²) in [6, 6.07) is 4.93. The second-order valence-corrected chi connectivity index (χ2v) is 6.94. The molecule has 2 unspecified atom stereocenters. The third-order valence-electron chi connectivity index (χ3n) is 4.25. The summed E-state index contributed by atoms with van der Waals surface area (Å²) in [5.74, 6) is -2.87. The average molecular weight is 469 g/mol. The lowest BCUT2D eigenvalue weighted by atomic mass is 9.98. The van der Waals surface area contributed by atoms with Gasteiger partial charge in [-0.1, -0.05) is 0 Å². The number of hydrogen-bond donors (Lipinski definition) is 0. The van der Waals surface area contributed by atoms with Gasteiger partial charge in [-0.3, -0.25) is 29.3 Å². The SMILES string of the molecule is CC(=O)OCC1O[C@H](Oc2ccc([N+](=O)[O-])cc2)C(OC(C)=O)[C@@H](OC(C)=O)[C@H]1OC(C)=O. The molecule has 1 aromatic carbocycles. The molecule has 1 aliphatic rings. The zero-order valence-electron chi connectivity index (χ0n) is 18.2. The molecule has 1 aromatic rings. The summed E-state index contributed by atoms with van der Waals surface area (Å²) in [7, 11) is 0. The van der Waals surface area contributed by atoms with Crippen LogP contribution in [0.15, 0.2) is 24.3 Å². The highest BCUT2D eigenvalue weighted by atomic mass is 16.7. The van der Waals surface area contributed by atoms with Gasteiger partial charge in [0.15, 0.2) is 12.2 Å². The first-order valence-corrected chi connectivity index (χ1v) is 9.69. The van der Waals surface area contributed by atoms with Gasteiger partial charge in [-0.25, -0.2) is 0 Å². The van der Waals surface area contributed by atoms with Crippen molar-refractivity contribution in [2.45, 2.75) is 58.4 Å². The van der Waals surface area contributed by atoms with Crippen LogP contribution in [0.5, 0.6) is 5.75 Å².